The lowest BCUT2D eigenvalue weighted by Gasteiger charge is -2.37. The minimum atomic E-state index is -4.23. The van der Waals surface area contributed by atoms with E-state index in [9.17, 15) is 23.1 Å². The van der Waals surface area contributed by atoms with E-state index in [0.717, 1.165) is 0 Å². The van der Waals surface area contributed by atoms with Crippen LogP contribution in [0.4, 0.5) is 13.2 Å². The van der Waals surface area contributed by atoms with E-state index in [0.29, 0.717) is 52.0 Å². The Morgan fingerprint density at radius 2 is 2.04 bits per heavy atom. The van der Waals surface area contributed by atoms with Crippen LogP contribution in [0.25, 0.3) is 0 Å². The Morgan fingerprint density at radius 3 is 2.65 bits per heavy atom. The van der Waals surface area contributed by atoms with Crippen molar-refractivity contribution in [1.29, 1.82) is 0 Å². The number of likely N-dealkylation sites (tertiary alicyclic amines) is 1. The average molecular weight is 338 g/mol. The maximum Gasteiger partial charge on any atom is 0.401 e. The van der Waals surface area contributed by atoms with Gasteiger partial charge in [-0.3, -0.25) is 9.69 Å². The fraction of sp³-hybridized carbons (Fsp3) is 0.933. The molecule has 0 aromatic heterocycles. The summed E-state index contributed by atoms with van der Waals surface area (Å²) in [7, 11) is 0. The second-order valence-corrected chi connectivity index (χ2v) is 6.68. The number of rotatable bonds is 5. The van der Waals surface area contributed by atoms with Crippen LogP contribution in [0.3, 0.4) is 0 Å². The van der Waals surface area contributed by atoms with Crippen molar-refractivity contribution in [2.75, 3.05) is 46.0 Å². The van der Waals surface area contributed by atoms with Gasteiger partial charge in [-0.25, -0.2) is 0 Å². The van der Waals surface area contributed by atoms with Gasteiger partial charge in [-0.05, 0) is 32.2 Å². The number of alkyl halides is 3. The molecule has 2 saturated heterocycles. The lowest BCUT2D eigenvalue weighted by atomic mass is 9.81. The molecule has 1 amide bonds. The molecule has 0 spiro atoms. The number of carbonyl (C=O) groups excluding carboxylic acids is 1. The molecular weight excluding hydrogens is 313 g/mol. The van der Waals surface area contributed by atoms with Crippen molar-refractivity contribution in [2.45, 2.75) is 31.9 Å². The second-order valence-electron chi connectivity index (χ2n) is 6.68. The van der Waals surface area contributed by atoms with Crippen LogP contribution in [0.1, 0.15) is 25.7 Å². The van der Waals surface area contributed by atoms with Gasteiger partial charge in [0.05, 0.1) is 19.1 Å². The zero-order valence-corrected chi connectivity index (χ0v) is 13.2. The molecule has 0 bridgehead atoms. The highest BCUT2D eigenvalue weighted by Gasteiger charge is 2.36. The molecule has 0 aromatic carbocycles. The molecule has 1 atom stereocenters. The number of hydrogen-bond acceptors (Lipinski definition) is 4. The molecule has 0 aliphatic carbocycles. The molecule has 8 heteroatoms. The Bertz CT molecular complexity index is 398. The van der Waals surface area contributed by atoms with Gasteiger partial charge in [-0.15, -0.1) is 0 Å². The Labute approximate surface area is 134 Å². The predicted octanol–water partition coefficient (Wildman–Crippen LogP) is 1.17. The maximum atomic E-state index is 12.5. The molecule has 2 fully saturated rings. The largest absolute Gasteiger partial charge is 0.401 e. The number of ether oxygens (including phenoxy) is 1. The molecule has 1 unspecified atom stereocenters. The van der Waals surface area contributed by atoms with Crippen LogP contribution in [-0.4, -0.2) is 68.1 Å². The van der Waals surface area contributed by atoms with E-state index in [1.54, 1.807) is 0 Å². The van der Waals surface area contributed by atoms with Gasteiger partial charge < -0.3 is 15.2 Å². The minimum absolute atomic E-state index is 0.0263. The van der Waals surface area contributed by atoms with Crippen LogP contribution in [-0.2, 0) is 9.53 Å². The molecule has 0 saturated carbocycles. The van der Waals surface area contributed by atoms with E-state index >= 15 is 0 Å². The molecule has 2 heterocycles. The number of aliphatic hydroxyl groups is 1. The quantitative estimate of drug-likeness (QED) is 0.790. The summed E-state index contributed by atoms with van der Waals surface area (Å²) in [6, 6.07) is 0. The third-order valence-electron chi connectivity index (χ3n) is 4.81. The van der Waals surface area contributed by atoms with Gasteiger partial charge in [0.1, 0.15) is 0 Å². The zero-order valence-electron chi connectivity index (χ0n) is 13.2. The Balaban J connectivity index is 1.82. The summed E-state index contributed by atoms with van der Waals surface area (Å²) in [6.45, 7) is 0.984. The smallest absolute Gasteiger partial charge is 0.396 e. The summed E-state index contributed by atoms with van der Waals surface area (Å²) in [4.78, 5) is 13.6. The van der Waals surface area contributed by atoms with Gasteiger partial charge in [0.15, 0.2) is 0 Å². The summed E-state index contributed by atoms with van der Waals surface area (Å²) in [5.74, 6) is -0.627. The molecule has 2 aliphatic heterocycles. The fourth-order valence-corrected chi connectivity index (χ4v) is 3.28. The standard InChI is InChI=1S/C15H25F3N2O3/c16-15(17,18)10-20-5-1-2-12(8-20)13(22)19-9-14(11-21)3-6-23-7-4-14/h12,21H,1-11H2,(H,19,22). The van der Waals surface area contributed by atoms with Gasteiger partial charge in [-0.2, -0.15) is 13.2 Å². The van der Waals surface area contributed by atoms with Crippen LogP contribution in [0.15, 0.2) is 0 Å². The van der Waals surface area contributed by atoms with Crippen molar-refractivity contribution in [3.05, 3.63) is 0 Å². The van der Waals surface area contributed by atoms with E-state index in [1.165, 1.54) is 4.90 Å². The summed E-state index contributed by atoms with van der Waals surface area (Å²) in [5.41, 5.74) is -0.367. The average Bonchev–Trinajstić information content (AvgIpc) is 2.52. The van der Waals surface area contributed by atoms with Crippen LogP contribution < -0.4 is 5.32 Å². The molecule has 5 nitrogen and oxygen atoms in total. The number of halogens is 3. The van der Waals surface area contributed by atoms with Gasteiger partial charge >= 0.3 is 6.18 Å². The number of piperidine rings is 1. The monoisotopic (exact) mass is 338 g/mol. The molecule has 2 N–H and O–H groups in total. The number of aliphatic hydroxyl groups excluding tert-OH is 1. The van der Waals surface area contributed by atoms with E-state index in [2.05, 4.69) is 5.32 Å². The topological polar surface area (TPSA) is 61.8 Å². The fourth-order valence-electron chi connectivity index (χ4n) is 3.28. The van der Waals surface area contributed by atoms with Crippen molar-refractivity contribution < 1.29 is 27.8 Å². The van der Waals surface area contributed by atoms with Crippen molar-refractivity contribution >= 4 is 5.91 Å². The second kappa shape index (κ2) is 7.81. The first-order chi connectivity index (χ1) is 10.8. The minimum Gasteiger partial charge on any atom is -0.396 e. The summed E-state index contributed by atoms with van der Waals surface area (Å²) in [5, 5.41) is 12.4. The molecule has 2 rings (SSSR count). The van der Waals surface area contributed by atoms with Gasteiger partial charge in [0.25, 0.3) is 0 Å². The molecule has 134 valence electrons. The van der Waals surface area contributed by atoms with E-state index in [-0.39, 0.29) is 24.5 Å². The number of amides is 1. The summed E-state index contributed by atoms with van der Waals surface area (Å²) < 4.78 is 42.7. The summed E-state index contributed by atoms with van der Waals surface area (Å²) in [6.07, 6.45) is -1.69. The first-order valence-electron chi connectivity index (χ1n) is 8.09. The van der Waals surface area contributed by atoms with E-state index in [4.69, 9.17) is 4.74 Å². The van der Waals surface area contributed by atoms with Crippen molar-refractivity contribution in [3.63, 3.8) is 0 Å². The van der Waals surface area contributed by atoms with Gasteiger partial charge in [-0.1, -0.05) is 0 Å². The van der Waals surface area contributed by atoms with Crippen LogP contribution in [0, 0.1) is 11.3 Å². The molecule has 23 heavy (non-hydrogen) atoms. The van der Waals surface area contributed by atoms with Crippen LogP contribution >= 0.6 is 0 Å². The maximum absolute atomic E-state index is 12.5. The lowest BCUT2D eigenvalue weighted by Crippen LogP contribution is -2.49. The third kappa shape index (κ3) is 5.61. The normalized spacial score (nSPS) is 26.0. The number of nitrogens with zero attached hydrogens (tertiary/aromatic N) is 1. The van der Waals surface area contributed by atoms with E-state index < -0.39 is 18.6 Å². The lowest BCUT2D eigenvalue weighted by molar-refractivity contribution is -0.152. The highest BCUT2D eigenvalue weighted by Crippen LogP contribution is 2.29. The Kier molecular flexibility index (Phi) is 6.27. The zero-order chi connectivity index (χ0) is 16.9. The Morgan fingerprint density at radius 1 is 1.35 bits per heavy atom. The number of hydrogen-bond donors (Lipinski definition) is 2. The van der Waals surface area contributed by atoms with E-state index in [1.807, 2.05) is 0 Å². The number of carbonyl (C=O) groups is 1. The van der Waals surface area contributed by atoms with Gasteiger partial charge in [0.2, 0.25) is 5.91 Å². The third-order valence-corrected chi connectivity index (χ3v) is 4.81. The van der Waals surface area contributed by atoms with Crippen molar-refractivity contribution in [2.24, 2.45) is 11.3 Å². The van der Waals surface area contributed by atoms with Crippen molar-refractivity contribution in [3.8, 4) is 0 Å². The molecule has 0 aromatic rings. The SMILES string of the molecule is O=C(NCC1(CO)CCOCC1)C1CCCN(CC(F)(F)F)C1. The van der Waals surface area contributed by atoms with Crippen LogP contribution in [0.5, 0.6) is 0 Å². The highest BCUT2D eigenvalue weighted by molar-refractivity contribution is 5.79. The molecular formula is C15H25F3N2O3. The first-order valence-corrected chi connectivity index (χ1v) is 8.09. The predicted molar refractivity (Wildman–Crippen MR) is 77.8 cm³/mol. The number of nitrogens with one attached hydrogen (secondary N) is 1. The van der Waals surface area contributed by atoms with Gasteiger partial charge in [0, 0.05) is 31.7 Å². The summed E-state index contributed by atoms with van der Waals surface area (Å²) >= 11 is 0. The molecule has 0 radical (unpaired) electrons. The Hall–Kier alpha value is -0.860. The highest BCUT2D eigenvalue weighted by atomic mass is 19.4. The first kappa shape index (κ1) is 18.5. The van der Waals surface area contributed by atoms with Crippen molar-refractivity contribution in [1.82, 2.24) is 10.2 Å². The molecule has 2 aliphatic rings. The van der Waals surface area contributed by atoms with Crippen LogP contribution in [0.2, 0.25) is 0 Å².